The maximum atomic E-state index is 13.1. The summed E-state index contributed by atoms with van der Waals surface area (Å²) in [4.78, 5) is 53.0. The Morgan fingerprint density at radius 3 is 2.32 bits per heavy atom. The molecule has 3 aromatic rings. The first kappa shape index (κ1) is 17.3. The normalized spacial score (nSPS) is 15.6. The van der Waals surface area contributed by atoms with Gasteiger partial charge in [0.05, 0.1) is 16.3 Å². The molecule has 1 aliphatic rings. The zero-order valence-corrected chi connectivity index (χ0v) is 14.1. The molecule has 0 saturated carbocycles. The summed E-state index contributed by atoms with van der Waals surface area (Å²) in [7, 11) is 0. The van der Waals surface area contributed by atoms with E-state index in [9.17, 15) is 23.6 Å². The van der Waals surface area contributed by atoms with Crippen molar-refractivity contribution in [2.75, 3.05) is 0 Å². The number of benzene rings is 2. The lowest BCUT2D eigenvalue weighted by molar-refractivity contribution is -0.116. The van der Waals surface area contributed by atoms with Gasteiger partial charge in [0, 0.05) is 0 Å². The van der Waals surface area contributed by atoms with Crippen molar-refractivity contribution in [2.45, 2.75) is 0 Å². The van der Waals surface area contributed by atoms with Crippen LogP contribution in [0.4, 0.5) is 9.18 Å². The van der Waals surface area contributed by atoms with Crippen LogP contribution in [0.3, 0.4) is 0 Å². The van der Waals surface area contributed by atoms with Crippen LogP contribution in [0.15, 0.2) is 68.7 Å². The molecule has 28 heavy (non-hydrogen) atoms. The van der Waals surface area contributed by atoms with Crippen molar-refractivity contribution in [3.8, 4) is 0 Å². The number of aromatic nitrogens is 2. The smallest absolute Gasteiger partial charge is 0.272 e. The Kier molecular flexibility index (Phi) is 4.04. The molecule has 0 spiro atoms. The average Bonchev–Trinajstić information content (AvgIpc) is 2.68. The van der Waals surface area contributed by atoms with E-state index in [2.05, 4.69) is 10.1 Å². The van der Waals surface area contributed by atoms with Gasteiger partial charge < -0.3 is 0 Å². The largest absolute Gasteiger partial charge is 0.349 e. The second kappa shape index (κ2) is 6.54. The fourth-order valence-corrected chi connectivity index (χ4v) is 2.83. The third-order valence-electron chi connectivity index (χ3n) is 4.12. The van der Waals surface area contributed by atoms with E-state index < -0.39 is 28.9 Å². The summed E-state index contributed by atoms with van der Waals surface area (Å²) in [6, 6.07) is 10.4. The number of H-pyrrole nitrogens is 1. The fourth-order valence-electron chi connectivity index (χ4n) is 2.83. The number of fused-ring (bicyclic) bond motifs is 1. The Morgan fingerprint density at radius 1 is 0.929 bits per heavy atom. The molecule has 2 heterocycles. The lowest BCUT2D eigenvalue weighted by Gasteiger charge is -2.16. The van der Waals surface area contributed by atoms with Crippen molar-refractivity contribution < 1.29 is 14.0 Å². The summed E-state index contributed by atoms with van der Waals surface area (Å²) in [5.41, 5.74) is -0.942. The standard InChI is InChI=1S/C19H11FN4O4/c20-11-7-5-10(6-8-11)9-14-15(21-19(28)22-16(14)25)24-18(27)13-4-2-1-3-12(13)17(26)23-24/h1-9H,(H,23,26)(H,22,25,28)/b14-9-. The zero-order valence-electron chi connectivity index (χ0n) is 14.1. The number of hydrogen-bond acceptors (Lipinski definition) is 4. The number of imide groups is 1. The molecule has 2 N–H and O–H groups in total. The number of hydrogen-bond donors (Lipinski definition) is 2. The lowest BCUT2D eigenvalue weighted by Crippen LogP contribution is -2.44. The summed E-state index contributed by atoms with van der Waals surface area (Å²) < 4.78 is 13.9. The number of nitrogens with one attached hydrogen (secondary N) is 2. The summed E-state index contributed by atoms with van der Waals surface area (Å²) in [6.45, 7) is 0. The average molecular weight is 378 g/mol. The third-order valence-corrected chi connectivity index (χ3v) is 4.12. The second-order valence-corrected chi connectivity index (χ2v) is 5.93. The molecular formula is C19H11FN4O4. The first-order valence-corrected chi connectivity index (χ1v) is 8.10. The van der Waals surface area contributed by atoms with Crippen LogP contribution in [0.5, 0.6) is 0 Å². The van der Waals surface area contributed by atoms with E-state index >= 15 is 0 Å². The van der Waals surface area contributed by atoms with E-state index in [0.717, 1.165) is 4.68 Å². The Bertz CT molecular complexity index is 1320. The quantitative estimate of drug-likeness (QED) is 0.623. The minimum absolute atomic E-state index is 0.105. The topological polar surface area (TPSA) is 113 Å². The van der Waals surface area contributed by atoms with Crippen molar-refractivity contribution in [3.63, 3.8) is 0 Å². The molecular weight excluding hydrogens is 367 g/mol. The monoisotopic (exact) mass is 378 g/mol. The van der Waals surface area contributed by atoms with Crippen LogP contribution in [0.1, 0.15) is 5.56 Å². The molecule has 3 amide bonds. The zero-order chi connectivity index (χ0) is 19.8. The Hall–Kier alpha value is -4.14. The Morgan fingerprint density at radius 2 is 1.61 bits per heavy atom. The van der Waals surface area contributed by atoms with Crippen molar-refractivity contribution in [1.82, 2.24) is 15.1 Å². The highest BCUT2D eigenvalue weighted by molar-refractivity contribution is 6.31. The van der Waals surface area contributed by atoms with Crippen LogP contribution in [0.25, 0.3) is 16.8 Å². The molecule has 0 bridgehead atoms. The molecule has 138 valence electrons. The summed E-state index contributed by atoms with van der Waals surface area (Å²) in [6.07, 6.45) is 1.33. The molecule has 2 aromatic carbocycles. The summed E-state index contributed by atoms with van der Waals surface area (Å²) in [5, 5.41) is 4.63. The molecule has 0 aliphatic carbocycles. The molecule has 0 saturated heterocycles. The number of carbonyl (C=O) groups excluding carboxylic acids is 2. The number of nitrogens with zero attached hydrogens (tertiary/aromatic N) is 2. The van der Waals surface area contributed by atoms with Gasteiger partial charge in [0.2, 0.25) is 0 Å². The highest BCUT2D eigenvalue weighted by Crippen LogP contribution is 2.14. The van der Waals surface area contributed by atoms with E-state index in [1.54, 1.807) is 12.1 Å². The molecule has 0 radical (unpaired) electrons. The minimum atomic E-state index is -0.975. The van der Waals surface area contributed by atoms with Crippen LogP contribution in [0.2, 0.25) is 0 Å². The predicted molar refractivity (Wildman–Crippen MR) is 99.6 cm³/mol. The fraction of sp³-hybridized carbons (Fsp3) is 0. The van der Waals surface area contributed by atoms with Crippen LogP contribution in [0, 0.1) is 5.82 Å². The molecule has 1 aromatic heterocycles. The molecule has 8 nitrogen and oxygen atoms in total. The molecule has 0 atom stereocenters. The van der Waals surface area contributed by atoms with Gasteiger partial charge in [-0.25, -0.2) is 9.18 Å². The van der Waals surface area contributed by atoms with Gasteiger partial charge in [-0.3, -0.25) is 24.8 Å². The van der Waals surface area contributed by atoms with Crippen molar-refractivity contribution in [2.24, 2.45) is 4.99 Å². The number of aliphatic imine (C=N–C) groups is 1. The number of amides is 3. The Balaban J connectivity index is 1.97. The highest BCUT2D eigenvalue weighted by atomic mass is 19.1. The van der Waals surface area contributed by atoms with E-state index in [-0.39, 0.29) is 22.2 Å². The molecule has 0 fully saturated rings. The van der Waals surface area contributed by atoms with E-state index in [1.165, 1.54) is 42.5 Å². The van der Waals surface area contributed by atoms with Gasteiger partial charge in [0.15, 0.2) is 5.84 Å². The van der Waals surface area contributed by atoms with Crippen LogP contribution >= 0.6 is 0 Å². The molecule has 9 heteroatoms. The first-order chi connectivity index (χ1) is 13.4. The molecule has 4 rings (SSSR count). The van der Waals surface area contributed by atoms with Gasteiger partial charge in [0.1, 0.15) is 5.82 Å². The van der Waals surface area contributed by atoms with E-state index in [4.69, 9.17) is 0 Å². The summed E-state index contributed by atoms with van der Waals surface area (Å²) in [5.74, 6) is -1.60. The number of urea groups is 1. The van der Waals surface area contributed by atoms with Gasteiger partial charge in [-0.2, -0.15) is 9.67 Å². The maximum absolute atomic E-state index is 13.1. The van der Waals surface area contributed by atoms with Gasteiger partial charge in [-0.15, -0.1) is 0 Å². The predicted octanol–water partition coefficient (Wildman–Crippen LogP) is 1.41. The maximum Gasteiger partial charge on any atom is 0.349 e. The van der Waals surface area contributed by atoms with Crippen molar-refractivity contribution >= 4 is 34.6 Å². The number of aromatic amines is 1. The van der Waals surface area contributed by atoms with Gasteiger partial charge in [0.25, 0.3) is 17.0 Å². The lowest BCUT2D eigenvalue weighted by atomic mass is 10.1. The van der Waals surface area contributed by atoms with Crippen LogP contribution in [-0.4, -0.2) is 27.6 Å². The van der Waals surface area contributed by atoms with E-state index in [1.807, 2.05) is 5.32 Å². The van der Waals surface area contributed by atoms with Gasteiger partial charge in [-0.05, 0) is 35.9 Å². The van der Waals surface area contributed by atoms with Crippen molar-refractivity contribution in [1.29, 1.82) is 0 Å². The number of carbonyl (C=O) groups is 2. The highest BCUT2D eigenvalue weighted by Gasteiger charge is 2.27. The van der Waals surface area contributed by atoms with Gasteiger partial charge >= 0.3 is 6.03 Å². The third kappa shape index (κ3) is 2.94. The van der Waals surface area contributed by atoms with Crippen molar-refractivity contribution in [3.05, 3.63) is 86.2 Å². The Labute approximate surface area is 155 Å². The number of rotatable bonds is 1. The van der Waals surface area contributed by atoms with Gasteiger partial charge in [-0.1, -0.05) is 24.3 Å². The second-order valence-electron chi connectivity index (χ2n) is 5.93. The van der Waals surface area contributed by atoms with Crippen LogP contribution < -0.4 is 16.4 Å². The molecule has 1 aliphatic heterocycles. The molecule has 0 unspecified atom stereocenters. The first-order valence-electron chi connectivity index (χ1n) is 8.10. The van der Waals surface area contributed by atoms with E-state index in [0.29, 0.717) is 5.56 Å². The number of halogens is 1. The minimum Gasteiger partial charge on any atom is -0.272 e. The summed E-state index contributed by atoms with van der Waals surface area (Å²) >= 11 is 0. The SMILES string of the molecule is O=C1N=C(n2[nH]c(=O)c3ccccc3c2=O)/C(=C/c2ccc(F)cc2)C(=O)N1. The van der Waals surface area contributed by atoms with Crippen LogP contribution in [-0.2, 0) is 4.79 Å².